The van der Waals surface area contributed by atoms with Crippen molar-refractivity contribution < 1.29 is 33.8 Å². The van der Waals surface area contributed by atoms with Crippen LogP contribution in [0.3, 0.4) is 0 Å². The number of halogens is 1. The molecule has 0 bridgehead atoms. The highest BCUT2D eigenvalue weighted by molar-refractivity contribution is 6.28. The van der Waals surface area contributed by atoms with E-state index >= 15 is 0 Å². The summed E-state index contributed by atoms with van der Waals surface area (Å²) in [5.41, 5.74) is 4.82. The average molecular weight is 841 g/mol. The van der Waals surface area contributed by atoms with Crippen molar-refractivity contribution >= 4 is 47.2 Å². The van der Waals surface area contributed by atoms with Crippen LogP contribution in [-0.2, 0) is 20.7 Å². The predicted molar refractivity (Wildman–Crippen MR) is 227 cm³/mol. The van der Waals surface area contributed by atoms with Gasteiger partial charge >= 0.3 is 12.2 Å². The number of likely N-dealkylation sites (tertiary alicyclic amines) is 1. The van der Waals surface area contributed by atoms with Crippen molar-refractivity contribution in [3.63, 3.8) is 0 Å². The molecule has 60 heavy (non-hydrogen) atoms. The van der Waals surface area contributed by atoms with Gasteiger partial charge in [-0.25, -0.2) is 14.7 Å². The van der Waals surface area contributed by atoms with Gasteiger partial charge in [-0.3, -0.25) is 14.4 Å². The van der Waals surface area contributed by atoms with E-state index in [1.54, 1.807) is 30.3 Å². The molecule has 1 atom stereocenters. The highest BCUT2D eigenvalue weighted by Crippen LogP contribution is 2.30. The number of carbonyl (C=O) groups excluding carboxylic acids is 4. The smallest absolute Gasteiger partial charge is 0.407 e. The third-order valence-electron chi connectivity index (χ3n) is 10.9. The number of hydrogen-bond acceptors (Lipinski definition) is 8. The van der Waals surface area contributed by atoms with Gasteiger partial charge in [0.05, 0.1) is 0 Å². The van der Waals surface area contributed by atoms with Gasteiger partial charge in [0.15, 0.2) is 5.82 Å². The Kier molecular flexibility index (Phi) is 14.1. The molecule has 2 fully saturated rings. The molecule has 1 aromatic heterocycles. The Morgan fingerprint density at radius 1 is 0.917 bits per heavy atom. The van der Waals surface area contributed by atoms with Crippen molar-refractivity contribution in [2.45, 2.75) is 90.3 Å². The molecule has 2 heterocycles. The van der Waals surface area contributed by atoms with Gasteiger partial charge in [0.25, 0.3) is 5.91 Å². The second-order valence-electron chi connectivity index (χ2n) is 16.6. The molecular formula is C44H53ClN8O7. The van der Waals surface area contributed by atoms with Gasteiger partial charge in [-0.2, -0.15) is 10.1 Å². The number of rotatable bonds is 12. The molecule has 4 aromatic rings. The van der Waals surface area contributed by atoms with Crippen molar-refractivity contribution in [2.24, 2.45) is 11.8 Å². The minimum absolute atomic E-state index is 0.0863. The van der Waals surface area contributed by atoms with Crippen LogP contribution in [0.1, 0.15) is 80.8 Å². The van der Waals surface area contributed by atoms with Crippen LogP contribution < -0.4 is 21.3 Å². The number of aryl methyl sites for hydroxylation is 1. The van der Waals surface area contributed by atoms with Crippen molar-refractivity contribution in [3.05, 3.63) is 88.7 Å². The summed E-state index contributed by atoms with van der Waals surface area (Å²) in [6.07, 6.45) is 2.76. The normalized spacial score (nSPS) is 17.6. The zero-order valence-corrected chi connectivity index (χ0v) is 35.1. The molecule has 2 aliphatic rings. The molecule has 0 radical (unpaired) electrons. The quantitative estimate of drug-likeness (QED) is 0.0870. The van der Waals surface area contributed by atoms with Crippen molar-refractivity contribution in [3.8, 4) is 22.5 Å². The van der Waals surface area contributed by atoms with Gasteiger partial charge in [-0.15, -0.1) is 0 Å². The minimum Gasteiger partial charge on any atom is -0.465 e. The van der Waals surface area contributed by atoms with Gasteiger partial charge in [0, 0.05) is 54.8 Å². The molecule has 5 amide bonds. The number of amides is 5. The van der Waals surface area contributed by atoms with Crippen LogP contribution in [0.5, 0.6) is 0 Å². The molecule has 1 saturated heterocycles. The van der Waals surface area contributed by atoms with Crippen LogP contribution >= 0.6 is 11.6 Å². The Bertz CT molecular complexity index is 2150. The SMILES string of the molecule is Cc1cc(C(=O)NC2CCN(C(=O)O)CC2)ccc1-c1ccc(C[C@H](NC(=O)C2CCC(CNC(=O)OC(C)(C)C)CC2)C(=O)Nc2ccc(-c3n[nH]c(Cl)n3)cc2)cc1. The highest BCUT2D eigenvalue weighted by Gasteiger charge is 2.31. The average Bonchev–Trinajstić information content (AvgIpc) is 3.66. The lowest BCUT2D eigenvalue weighted by Crippen LogP contribution is -2.48. The largest absolute Gasteiger partial charge is 0.465 e. The van der Waals surface area contributed by atoms with E-state index in [-0.39, 0.29) is 47.3 Å². The molecular weight excluding hydrogens is 788 g/mol. The lowest BCUT2D eigenvalue weighted by Gasteiger charge is -2.30. The van der Waals surface area contributed by atoms with Crippen LogP contribution in [-0.4, -0.2) is 92.4 Å². The standard InChI is InChI=1S/C44H53ClN8O7/c1-26-23-32(39(55)47-34-19-21-53(22-20-34)43(58)59)15-18-35(26)29-9-5-27(6-10-29)24-36(40(56)48-33-16-13-30(14-17-33)37-50-41(45)52-51-37)49-38(54)31-11-7-28(8-12-31)25-46-42(57)60-44(2,3)4/h5-6,9-10,13-18,23,28,31,34,36H,7-8,11-12,19-22,24-25H2,1-4H3,(H,46,57)(H,47,55)(H,48,56)(H,49,54)(H,58,59)(H,50,51,52)/t28?,31?,36-/m0/s1. The summed E-state index contributed by atoms with van der Waals surface area (Å²) in [6.45, 7) is 8.65. The van der Waals surface area contributed by atoms with E-state index in [1.807, 2.05) is 64.1 Å². The fraction of sp³-hybridized carbons (Fsp3) is 0.432. The predicted octanol–water partition coefficient (Wildman–Crippen LogP) is 6.97. The fourth-order valence-electron chi connectivity index (χ4n) is 7.64. The van der Waals surface area contributed by atoms with Gasteiger partial charge in [-0.1, -0.05) is 30.3 Å². The third-order valence-corrected chi connectivity index (χ3v) is 11.1. The second kappa shape index (κ2) is 19.4. The first-order chi connectivity index (χ1) is 28.6. The Morgan fingerprint density at radius 3 is 2.18 bits per heavy atom. The molecule has 15 nitrogen and oxygen atoms in total. The van der Waals surface area contributed by atoms with E-state index in [0.29, 0.717) is 68.0 Å². The molecule has 318 valence electrons. The number of aromatic nitrogens is 3. The van der Waals surface area contributed by atoms with Gasteiger partial charge in [0.1, 0.15) is 11.6 Å². The molecule has 16 heteroatoms. The summed E-state index contributed by atoms with van der Waals surface area (Å²) in [6, 6.07) is 19.4. The van der Waals surface area contributed by atoms with Gasteiger partial charge in [-0.05, 0) is 142 Å². The van der Waals surface area contributed by atoms with E-state index < -0.39 is 23.8 Å². The number of nitrogens with one attached hydrogen (secondary N) is 5. The van der Waals surface area contributed by atoms with Gasteiger partial charge in [0.2, 0.25) is 17.1 Å². The monoisotopic (exact) mass is 840 g/mol. The summed E-state index contributed by atoms with van der Waals surface area (Å²) < 4.78 is 5.36. The number of hydrogen-bond donors (Lipinski definition) is 6. The maximum absolute atomic E-state index is 13.9. The Hall–Kier alpha value is -5.96. The maximum Gasteiger partial charge on any atom is 0.407 e. The number of anilines is 1. The van der Waals surface area contributed by atoms with E-state index in [1.165, 1.54) is 4.90 Å². The topological polar surface area (TPSA) is 208 Å². The number of ether oxygens (including phenoxy) is 1. The number of alkyl carbamates (subject to hydrolysis) is 1. The number of carboxylic acid groups (broad SMARTS) is 1. The zero-order chi connectivity index (χ0) is 43.0. The number of H-pyrrole nitrogens is 1. The number of carbonyl (C=O) groups is 5. The Morgan fingerprint density at radius 2 is 1.58 bits per heavy atom. The number of piperidine rings is 1. The van der Waals surface area contributed by atoms with E-state index in [9.17, 15) is 29.1 Å². The molecule has 6 rings (SSSR count). The van der Waals surface area contributed by atoms with Crippen LogP contribution in [0, 0.1) is 18.8 Å². The van der Waals surface area contributed by atoms with E-state index in [0.717, 1.165) is 35.1 Å². The third kappa shape index (κ3) is 12.1. The first-order valence-corrected chi connectivity index (χ1v) is 20.7. The molecule has 1 aliphatic heterocycles. The van der Waals surface area contributed by atoms with Gasteiger partial charge < -0.3 is 36.0 Å². The molecule has 1 aliphatic carbocycles. The lowest BCUT2D eigenvalue weighted by molar-refractivity contribution is -0.130. The maximum atomic E-state index is 13.9. The van der Waals surface area contributed by atoms with Crippen LogP contribution in [0.2, 0.25) is 5.28 Å². The summed E-state index contributed by atoms with van der Waals surface area (Å²) in [7, 11) is 0. The molecule has 3 aromatic carbocycles. The molecule has 0 unspecified atom stereocenters. The molecule has 6 N–H and O–H groups in total. The summed E-state index contributed by atoms with van der Waals surface area (Å²) in [4.78, 5) is 69.6. The minimum atomic E-state index is -0.942. The Balaban J connectivity index is 1.09. The second-order valence-corrected chi connectivity index (χ2v) is 17.0. The summed E-state index contributed by atoms with van der Waals surface area (Å²) in [5.74, 6) is -0.376. The summed E-state index contributed by atoms with van der Waals surface area (Å²) >= 11 is 5.89. The van der Waals surface area contributed by atoms with E-state index in [4.69, 9.17) is 16.3 Å². The fourth-order valence-corrected chi connectivity index (χ4v) is 7.76. The first-order valence-electron chi connectivity index (χ1n) is 20.4. The number of aromatic amines is 1. The lowest BCUT2D eigenvalue weighted by atomic mass is 9.81. The molecule has 0 spiro atoms. The Labute approximate surface area is 354 Å². The zero-order valence-electron chi connectivity index (χ0n) is 34.3. The van der Waals surface area contributed by atoms with Crippen molar-refractivity contribution in [2.75, 3.05) is 25.0 Å². The van der Waals surface area contributed by atoms with E-state index in [2.05, 4.69) is 36.4 Å². The first kappa shape index (κ1) is 43.6. The van der Waals surface area contributed by atoms with Crippen LogP contribution in [0.25, 0.3) is 22.5 Å². The number of nitrogens with zero attached hydrogens (tertiary/aromatic N) is 3. The summed E-state index contributed by atoms with van der Waals surface area (Å²) in [5, 5.41) is 27.9. The highest BCUT2D eigenvalue weighted by atomic mass is 35.5. The molecule has 1 saturated carbocycles. The van der Waals surface area contributed by atoms with Crippen LogP contribution in [0.4, 0.5) is 15.3 Å². The van der Waals surface area contributed by atoms with Crippen LogP contribution in [0.15, 0.2) is 66.7 Å². The van der Waals surface area contributed by atoms with Crippen molar-refractivity contribution in [1.29, 1.82) is 0 Å². The number of benzene rings is 3. The van der Waals surface area contributed by atoms with Crippen molar-refractivity contribution in [1.82, 2.24) is 36.0 Å².